The number of oxime groups is 1. The molecule has 0 amide bonds. The van der Waals surface area contributed by atoms with Gasteiger partial charge >= 0.3 is 0 Å². The Morgan fingerprint density at radius 2 is 2.44 bits per heavy atom. The summed E-state index contributed by atoms with van der Waals surface area (Å²) < 4.78 is 13.4. The van der Waals surface area contributed by atoms with Crippen LogP contribution in [-0.2, 0) is 0 Å². The zero-order valence-corrected chi connectivity index (χ0v) is 9.45. The zero-order chi connectivity index (χ0) is 12.1. The summed E-state index contributed by atoms with van der Waals surface area (Å²) in [4.78, 5) is 5.42. The molecule has 1 aromatic heterocycles. The molecule has 3 N–H and O–H groups in total. The van der Waals surface area contributed by atoms with E-state index < -0.39 is 5.82 Å². The monoisotopic (exact) mass is 246 g/mol. The van der Waals surface area contributed by atoms with Crippen molar-refractivity contribution >= 4 is 23.3 Å². The number of anilines is 1. The van der Waals surface area contributed by atoms with E-state index in [1.807, 2.05) is 0 Å². The second-order valence-corrected chi connectivity index (χ2v) is 3.66. The molecule has 0 bridgehead atoms. The lowest BCUT2D eigenvalue weighted by molar-refractivity contribution is 0.317. The Bertz CT molecular complexity index is 399. The lowest BCUT2D eigenvalue weighted by Gasteiger charge is -2.18. The molecule has 1 aromatic rings. The topological polar surface area (TPSA) is 74.7 Å². The number of rotatable bonds is 4. The highest BCUT2D eigenvalue weighted by atomic mass is 35.5. The van der Waals surface area contributed by atoms with Gasteiger partial charge in [0, 0.05) is 26.2 Å². The highest BCUT2D eigenvalue weighted by Crippen LogP contribution is 2.18. The molecule has 0 atom stereocenters. The standard InChI is InChI=1S/C9H12ClFN4O/c1-15(3-2-8(12)14-16)9-7(11)4-6(10)5-13-9/h4-5,16H,2-3H2,1H3,(H2,12,14). The van der Waals surface area contributed by atoms with Gasteiger partial charge in [0.25, 0.3) is 0 Å². The van der Waals surface area contributed by atoms with Crippen LogP contribution in [0.4, 0.5) is 10.2 Å². The van der Waals surface area contributed by atoms with Crippen LogP contribution in [0.3, 0.4) is 0 Å². The summed E-state index contributed by atoms with van der Waals surface area (Å²) in [6, 6.07) is 1.18. The number of hydrogen-bond acceptors (Lipinski definition) is 4. The molecule has 7 heteroatoms. The van der Waals surface area contributed by atoms with E-state index in [2.05, 4.69) is 10.1 Å². The lowest BCUT2D eigenvalue weighted by Crippen LogP contribution is -2.25. The van der Waals surface area contributed by atoms with Crippen LogP contribution in [0.2, 0.25) is 5.02 Å². The molecule has 0 unspecified atom stereocenters. The Labute approximate surface area is 97.3 Å². The van der Waals surface area contributed by atoms with Gasteiger partial charge in [-0.25, -0.2) is 9.37 Å². The Balaban J connectivity index is 2.69. The zero-order valence-electron chi connectivity index (χ0n) is 8.69. The maximum Gasteiger partial charge on any atom is 0.167 e. The Morgan fingerprint density at radius 3 is 3.00 bits per heavy atom. The van der Waals surface area contributed by atoms with E-state index in [1.165, 1.54) is 12.3 Å². The summed E-state index contributed by atoms with van der Waals surface area (Å²) in [5.41, 5.74) is 5.30. The summed E-state index contributed by atoms with van der Waals surface area (Å²) in [5.74, 6) is -0.245. The first-order valence-electron chi connectivity index (χ1n) is 4.53. The van der Waals surface area contributed by atoms with Gasteiger partial charge in [0.15, 0.2) is 11.6 Å². The fourth-order valence-corrected chi connectivity index (χ4v) is 1.27. The van der Waals surface area contributed by atoms with Crippen molar-refractivity contribution in [2.24, 2.45) is 10.9 Å². The molecule has 0 fully saturated rings. The highest BCUT2D eigenvalue weighted by Gasteiger charge is 2.10. The molecule has 16 heavy (non-hydrogen) atoms. The Hall–Kier alpha value is -1.56. The first kappa shape index (κ1) is 12.5. The molecule has 0 saturated carbocycles. The lowest BCUT2D eigenvalue weighted by atomic mass is 10.3. The Morgan fingerprint density at radius 1 is 1.75 bits per heavy atom. The van der Waals surface area contributed by atoms with Crippen molar-refractivity contribution < 1.29 is 9.60 Å². The van der Waals surface area contributed by atoms with Crippen LogP contribution in [-0.4, -0.2) is 29.6 Å². The number of hydrogen-bond donors (Lipinski definition) is 2. The third-order valence-electron chi connectivity index (χ3n) is 1.98. The van der Waals surface area contributed by atoms with Crippen LogP contribution in [0.5, 0.6) is 0 Å². The van der Waals surface area contributed by atoms with Crippen molar-refractivity contribution in [1.29, 1.82) is 0 Å². The molecule has 0 saturated heterocycles. The maximum absolute atomic E-state index is 13.4. The molecule has 0 aliphatic rings. The van der Waals surface area contributed by atoms with Crippen LogP contribution in [0.15, 0.2) is 17.4 Å². The normalized spacial score (nSPS) is 11.6. The third kappa shape index (κ3) is 3.23. The fourth-order valence-electron chi connectivity index (χ4n) is 1.13. The average Bonchev–Trinajstić information content (AvgIpc) is 2.25. The smallest absolute Gasteiger partial charge is 0.167 e. The minimum atomic E-state index is -0.505. The quantitative estimate of drug-likeness (QED) is 0.365. The van der Waals surface area contributed by atoms with Crippen LogP contribution >= 0.6 is 11.6 Å². The van der Waals surface area contributed by atoms with Gasteiger partial charge in [0.05, 0.1) is 5.02 Å². The molecular formula is C9H12ClFN4O. The van der Waals surface area contributed by atoms with E-state index in [0.29, 0.717) is 13.0 Å². The van der Waals surface area contributed by atoms with Crippen molar-refractivity contribution in [2.75, 3.05) is 18.5 Å². The molecule has 88 valence electrons. The number of aromatic nitrogens is 1. The van der Waals surface area contributed by atoms with Crippen LogP contribution in [0, 0.1) is 5.82 Å². The maximum atomic E-state index is 13.4. The summed E-state index contributed by atoms with van der Waals surface area (Å²) in [6.45, 7) is 0.390. The second kappa shape index (κ2) is 5.50. The molecule has 1 rings (SSSR count). The molecule has 5 nitrogen and oxygen atoms in total. The second-order valence-electron chi connectivity index (χ2n) is 3.22. The van der Waals surface area contributed by atoms with Crippen LogP contribution < -0.4 is 10.6 Å². The van der Waals surface area contributed by atoms with Gasteiger partial charge in [-0.2, -0.15) is 0 Å². The summed E-state index contributed by atoms with van der Waals surface area (Å²) >= 11 is 5.58. The highest BCUT2D eigenvalue weighted by molar-refractivity contribution is 6.30. The summed E-state index contributed by atoms with van der Waals surface area (Å²) in [7, 11) is 1.66. The Kier molecular flexibility index (Phi) is 4.30. The minimum Gasteiger partial charge on any atom is -0.409 e. The molecule has 0 radical (unpaired) electrons. The van der Waals surface area contributed by atoms with E-state index in [4.69, 9.17) is 22.5 Å². The SMILES string of the molecule is CN(CCC(N)=NO)c1ncc(Cl)cc1F. The van der Waals surface area contributed by atoms with E-state index in [-0.39, 0.29) is 16.7 Å². The van der Waals surface area contributed by atoms with Gasteiger partial charge in [-0.1, -0.05) is 16.8 Å². The van der Waals surface area contributed by atoms with Crippen LogP contribution in [0.25, 0.3) is 0 Å². The van der Waals surface area contributed by atoms with Gasteiger partial charge in [0.1, 0.15) is 5.84 Å². The summed E-state index contributed by atoms with van der Waals surface area (Å²) in [6.07, 6.45) is 1.68. The van der Waals surface area contributed by atoms with Crippen molar-refractivity contribution in [3.63, 3.8) is 0 Å². The number of pyridine rings is 1. The number of nitrogens with zero attached hydrogens (tertiary/aromatic N) is 3. The predicted molar refractivity (Wildman–Crippen MR) is 60.5 cm³/mol. The van der Waals surface area contributed by atoms with Crippen molar-refractivity contribution in [2.45, 2.75) is 6.42 Å². The number of halogens is 2. The minimum absolute atomic E-state index is 0.0845. The molecule has 0 aromatic carbocycles. The summed E-state index contributed by atoms with van der Waals surface area (Å²) in [5, 5.41) is 11.4. The van der Waals surface area contributed by atoms with E-state index >= 15 is 0 Å². The van der Waals surface area contributed by atoms with Gasteiger partial charge in [-0.05, 0) is 6.07 Å². The number of nitrogens with two attached hydrogens (primary N) is 1. The van der Waals surface area contributed by atoms with Crippen LogP contribution in [0.1, 0.15) is 6.42 Å². The average molecular weight is 247 g/mol. The number of amidine groups is 1. The largest absolute Gasteiger partial charge is 0.409 e. The predicted octanol–water partition coefficient (Wildman–Crippen LogP) is 1.45. The fraction of sp³-hybridized carbons (Fsp3) is 0.333. The van der Waals surface area contributed by atoms with E-state index in [1.54, 1.807) is 11.9 Å². The third-order valence-corrected chi connectivity index (χ3v) is 2.19. The molecule has 0 aliphatic carbocycles. The van der Waals surface area contributed by atoms with Gasteiger partial charge in [0.2, 0.25) is 0 Å². The molecule has 1 heterocycles. The van der Waals surface area contributed by atoms with Gasteiger partial charge in [-0.15, -0.1) is 0 Å². The first-order valence-corrected chi connectivity index (χ1v) is 4.91. The first-order chi connectivity index (χ1) is 7.54. The van der Waals surface area contributed by atoms with Crippen molar-refractivity contribution in [3.05, 3.63) is 23.1 Å². The van der Waals surface area contributed by atoms with E-state index in [9.17, 15) is 4.39 Å². The van der Waals surface area contributed by atoms with E-state index in [0.717, 1.165) is 0 Å². The molecule has 0 aliphatic heterocycles. The van der Waals surface area contributed by atoms with Crippen molar-refractivity contribution in [1.82, 2.24) is 4.98 Å². The van der Waals surface area contributed by atoms with Gasteiger partial charge < -0.3 is 15.8 Å². The molecule has 0 spiro atoms. The van der Waals surface area contributed by atoms with Gasteiger partial charge in [-0.3, -0.25) is 0 Å². The molecular weight excluding hydrogens is 235 g/mol. The van der Waals surface area contributed by atoms with Crippen molar-refractivity contribution in [3.8, 4) is 0 Å².